The van der Waals surface area contributed by atoms with Gasteiger partial charge in [0.2, 0.25) is 5.91 Å². The predicted molar refractivity (Wildman–Crippen MR) is 164 cm³/mol. The van der Waals surface area contributed by atoms with Crippen LogP contribution in [-0.2, 0) is 4.79 Å². The van der Waals surface area contributed by atoms with Crippen LogP contribution in [0.2, 0.25) is 10.0 Å². The molecule has 0 spiro atoms. The fourth-order valence-electron chi connectivity index (χ4n) is 3.31. The van der Waals surface area contributed by atoms with E-state index in [1.807, 2.05) is 42.6 Å². The Morgan fingerprint density at radius 2 is 1.68 bits per heavy atom. The molecule has 6 nitrogen and oxygen atoms in total. The zero-order chi connectivity index (χ0) is 27.2. The van der Waals surface area contributed by atoms with E-state index in [0.717, 1.165) is 21.8 Å². The molecule has 1 heterocycles. The molecule has 0 bridgehead atoms. The first-order chi connectivity index (χ1) is 18.2. The number of halogens is 2. The van der Waals surface area contributed by atoms with E-state index in [1.165, 1.54) is 30.0 Å². The highest BCUT2D eigenvalue weighted by Crippen LogP contribution is 2.31. The number of thiazole rings is 1. The number of thiocarbonyl (C=S) groups is 1. The lowest BCUT2D eigenvalue weighted by atomic mass is 10.1. The van der Waals surface area contributed by atoms with E-state index in [9.17, 15) is 9.59 Å². The molecular formula is C27H22Cl2N4O2S3. The number of ketones is 1. The number of rotatable bonds is 8. The number of hydrogen-bond donors (Lipinski definition) is 3. The number of Topliss-reactive ketones (excluding diaryl/α,β-unsaturated/α-hetero) is 1. The van der Waals surface area contributed by atoms with Crippen LogP contribution in [0.15, 0.2) is 77.0 Å². The number of carbonyl (C=O) groups excluding carboxylic acids is 2. The van der Waals surface area contributed by atoms with Crippen molar-refractivity contribution in [3.63, 3.8) is 0 Å². The summed E-state index contributed by atoms with van der Waals surface area (Å²) in [5, 5.41) is 12.5. The highest BCUT2D eigenvalue weighted by Gasteiger charge is 2.17. The molecule has 11 heteroatoms. The van der Waals surface area contributed by atoms with E-state index >= 15 is 0 Å². The first-order valence-electron chi connectivity index (χ1n) is 11.4. The van der Waals surface area contributed by atoms with Crippen LogP contribution in [0.4, 0.5) is 16.5 Å². The normalized spacial score (nSPS) is 11.5. The summed E-state index contributed by atoms with van der Waals surface area (Å²) < 4.78 is 0. The van der Waals surface area contributed by atoms with Crippen LogP contribution in [-0.4, -0.2) is 27.0 Å². The average molecular weight is 602 g/mol. The standard InChI is InChI=1S/C27H22Cl2N4O2S3/c1-15(34)17-6-9-19(10-7-17)30-26(36)31-20-4-3-5-21(13-20)38-16(2)25(35)33-27-32-24(14-37-27)18-8-11-22(28)23(29)12-18/h3-14,16H,1-2H3,(H2,30,31,36)(H,32,33,35). The van der Waals surface area contributed by atoms with Gasteiger partial charge < -0.3 is 16.0 Å². The van der Waals surface area contributed by atoms with Crippen LogP contribution in [0.3, 0.4) is 0 Å². The molecule has 0 saturated carbocycles. The van der Waals surface area contributed by atoms with Gasteiger partial charge in [-0.3, -0.25) is 9.59 Å². The van der Waals surface area contributed by atoms with Gasteiger partial charge in [0.25, 0.3) is 0 Å². The summed E-state index contributed by atoms with van der Waals surface area (Å²) >= 11 is 20.3. The van der Waals surface area contributed by atoms with E-state index < -0.39 is 0 Å². The van der Waals surface area contributed by atoms with Crippen molar-refractivity contribution in [1.29, 1.82) is 0 Å². The molecule has 38 heavy (non-hydrogen) atoms. The highest BCUT2D eigenvalue weighted by atomic mass is 35.5. The molecule has 1 unspecified atom stereocenters. The molecule has 0 aliphatic heterocycles. The largest absolute Gasteiger partial charge is 0.332 e. The quantitative estimate of drug-likeness (QED) is 0.107. The van der Waals surface area contributed by atoms with Crippen molar-refractivity contribution >= 4 is 91.8 Å². The Hall–Kier alpha value is -2.95. The summed E-state index contributed by atoms with van der Waals surface area (Å²) in [6.45, 7) is 3.36. The van der Waals surface area contributed by atoms with Crippen LogP contribution in [0.25, 0.3) is 11.3 Å². The maximum absolute atomic E-state index is 12.8. The Morgan fingerprint density at radius 1 is 0.947 bits per heavy atom. The number of aromatic nitrogens is 1. The molecular weight excluding hydrogens is 579 g/mol. The van der Waals surface area contributed by atoms with E-state index in [2.05, 4.69) is 20.9 Å². The Kier molecular flexibility index (Phi) is 9.40. The van der Waals surface area contributed by atoms with Gasteiger partial charge in [-0.2, -0.15) is 0 Å². The lowest BCUT2D eigenvalue weighted by molar-refractivity contribution is -0.115. The number of thioether (sulfide) groups is 1. The maximum atomic E-state index is 12.8. The van der Waals surface area contributed by atoms with Crippen molar-refractivity contribution < 1.29 is 9.59 Å². The van der Waals surface area contributed by atoms with Crippen molar-refractivity contribution in [3.8, 4) is 11.3 Å². The number of amides is 1. The van der Waals surface area contributed by atoms with Gasteiger partial charge in [-0.05, 0) is 80.7 Å². The van der Waals surface area contributed by atoms with Gasteiger partial charge in [-0.15, -0.1) is 23.1 Å². The minimum absolute atomic E-state index is 0.00850. The topological polar surface area (TPSA) is 83.1 Å². The molecule has 1 atom stereocenters. The molecule has 0 aliphatic rings. The molecule has 194 valence electrons. The van der Waals surface area contributed by atoms with E-state index in [-0.39, 0.29) is 16.9 Å². The van der Waals surface area contributed by atoms with Crippen molar-refractivity contribution in [2.45, 2.75) is 24.0 Å². The van der Waals surface area contributed by atoms with Gasteiger partial charge in [-0.25, -0.2) is 4.98 Å². The molecule has 0 radical (unpaired) electrons. The smallest absolute Gasteiger partial charge is 0.239 e. The predicted octanol–water partition coefficient (Wildman–Crippen LogP) is 8.25. The van der Waals surface area contributed by atoms with Crippen molar-refractivity contribution in [2.75, 3.05) is 16.0 Å². The fourth-order valence-corrected chi connectivity index (χ4v) is 5.50. The number of anilines is 3. The number of benzene rings is 3. The second-order valence-electron chi connectivity index (χ2n) is 8.16. The molecule has 0 fully saturated rings. The molecule has 3 N–H and O–H groups in total. The number of carbonyl (C=O) groups is 2. The van der Waals surface area contributed by atoms with E-state index in [4.69, 9.17) is 35.4 Å². The number of nitrogens with zero attached hydrogens (tertiary/aromatic N) is 1. The van der Waals surface area contributed by atoms with Crippen LogP contribution in [0.1, 0.15) is 24.2 Å². The Bertz CT molecular complexity index is 1490. The third-order valence-electron chi connectivity index (χ3n) is 5.27. The minimum atomic E-state index is -0.368. The molecule has 0 aliphatic carbocycles. The maximum Gasteiger partial charge on any atom is 0.239 e. The Balaban J connectivity index is 1.32. The lowest BCUT2D eigenvalue weighted by Gasteiger charge is -2.13. The highest BCUT2D eigenvalue weighted by molar-refractivity contribution is 8.00. The first kappa shape index (κ1) is 28.1. The molecule has 1 amide bonds. The second-order valence-corrected chi connectivity index (χ2v) is 11.7. The van der Waals surface area contributed by atoms with Crippen molar-refractivity contribution in [3.05, 3.63) is 87.7 Å². The van der Waals surface area contributed by atoms with Crippen LogP contribution in [0, 0.1) is 0 Å². The Morgan fingerprint density at radius 3 is 2.39 bits per heavy atom. The van der Waals surface area contributed by atoms with Gasteiger partial charge in [0.05, 0.1) is 21.0 Å². The summed E-state index contributed by atoms with van der Waals surface area (Å²) in [4.78, 5) is 29.7. The lowest BCUT2D eigenvalue weighted by Crippen LogP contribution is -2.22. The summed E-state index contributed by atoms with van der Waals surface area (Å²) in [5.41, 5.74) is 3.73. The molecule has 3 aromatic carbocycles. The Labute approximate surface area is 244 Å². The first-order valence-corrected chi connectivity index (χ1v) is 14.3. The molecule has 0 saturated heterocycles. The fraction of sp³-hybridized carbons (Fsp3) is 0.111. The number of nitrogens with one attached hydrogen (secondary N) is 3. The van der Waals surface area contributed by atoms with Crippen LogP contribution >= 0.6 is 58.5 Å². The summed E-state index contributed by atoms with van der Waals surface area (Å²) in [5.74, 6) is -0.149. The van der Waals surface area contributed by atoms with Gasteiger partial charge >= 0.3 is 0 Å². The van der Waals surface area contributed by atoms with Gasteiger partial charge in [0.15, 0.2) is 16.0 Å². The molecule has 4 rings (SSSR count). The van der Waals surface area contributed by atoms with Crippen molar-refractivity contribution in [2.24, 2.45) is 0 Å². The monoisotopic (exact) mass is 600 g/mol. The molecule has 4 aromatic rings. The number of hydrogen-bond acceptors (Lipinski definition) is 6. The third-order valence-corrected chi connectivity index (χ3v) is 8.07. The summed E-state index contributed by atoms with van der Waals surface area (Å²) in [6, 6.07) is 20.0. The van der Waals surface area contributed by atoms with Crippen molar-refractivity contribution in [1.82, 2.24) is 4.98 Å². The minimum Gasteiger partial charge on any atom is -0.332 e. The zero-order valence-corrected chi connectivity index (χ0v) is 24.2. The third kappa shape index (κ3) is 7.55. The van der Waals surface area contributed by atoms with Gasteiger partial charge in [0.1, 0.15) is 0 Å². The molecule has 1 aromatic heterocycles. The average Bonchev–Trinajstić information content (AvgIpc) is 3.34. The summed E-state index contributed by atoms with van der Waals surface area (Å²) in [7, 11) is 0. The zero-order valence-electron chi connectivity index (χ0n) is 20.2. The van der Waals surface area contributed by atoms with Crippen LogP contribution in [0.5, 0.6) is 0 Å². The van der Waals surface area contributed by atoms with Crippen LogP contribution < -0.4 is 16.0 Å². The second kappa shape index (κ2) is 12.7. The van der Waals surface area contributed by atoms with Gasteiger partial charge in [-0.1, -0.05) is 35.3 Å². The van der Waals surface area contributed by atoms with E-state index in [0.29, 0.717) is 31.5 Å². The van der Waals surface area contributed by atoms with Gasteiger partial charge in [0, 0.05) is 32.8 Å². The SMILES string of the molecule is CC(=O)c1ccc(NC(=S)Nc2cccc(SC(C)C(=O)Nc3nc(-c4ccc(Cl)c(Cl)c4)cs3)c2)cc1. The summed E-state index contributed by atoms with van der Waals surface area (Å²) in [6.07, 6.45) is 0. The van der Waals surface area contributed by atoms with E-state index in [1.54, 1.807) is 36.4 Å².